The van der Waals surface area contributed by atoms with Crippen molar-refractivity contribution in [2.75, 3.05) is 0 Å². The number of fused-ring (bicyclic) bond motifs is 5. The van der Waals surface area contributed by atoms with Crippen LogP contribution in [-0.2, 0) is 5.41 Å². The second kappa shape index (κ2) is 5.21. The van der Waals surface area contributed by atoms with Crippen LogP contribution in [0.15, 0.2) is 95.6 Å². The van der Waals surface area contributed by atoms with Crippen LogP contribution in [0.3, 0.4) is 0 Å². The van der Waals surface area contributed by atoms with Gasteiger partial charge in [0.15, 0.2) is 0 Å². The molecule has 0 fully saturated rings. The Bertz CT molecular complexity index is 902. The first-order valence-corrected chi connectivity index (χ1v) is 8.58. The van der Waals surface area contributed by atoms with Crippen LogP contribution < -0.4 is 0 Å². The van der Waals surface area contributed by atoms with E-state index in [-0.39, 0.29) is 5.41 Å². The number of hydrogen-bond donors (Lipinski definition) is 0. The second-order valence-corrected chi connectivity index (χ2v) is 6.49. The Morgan fingerprint density at radius 2 is 1.38 bits per heavy atom. The first-order chi connectivity index (χ1) is 11.7. The molecule has 2 aromatic carbocycles. The fourth-order valence-corrected chi connectivity index (χ4v) is 4.84. The molecule has 0 bridgehead atoms. The number of benzene rings is 2. The molecule has 0 aromatic heterocycles. The molecule has 0 radical (unpaired) electrons. The highest BCUT2D eigenvalue weighted by molar-refractivity contribution is 5.90. The van der Waals surface area contributed by atoms with Gasteiger partial charge in [-0.2, -0.15) is 0 Å². The first kappa shape index (κ1) is 15.0. The fourth-order valence-electron chi connectivity index (χ4n) is 4.84. The van der Waals surface area contributed by atoms with Crippen molar-refractivity contribution >= 4 is 0 Å². The molecule has 0 saturated heterocycles. The van der Waals surface area contributed by atoms with Gasteiger partial charge >= 0.3 is 0 Å². The molecule has 0 nitrogen and oxygen atoms in total. The summed E-state index contributed by atoms with van der Waals surface area (Å²) in [5.41, 5.74) is 10.6. The monoisotopic (exact) mass is 310 g/mol. The molecule has 4 rings (SSSR count). The summed E-state index contributed by atoms with van der Waals surface area (Å²) >= 11 is 0. The highest BCUT2D eigenvalue weighted by atomic mass is 14.5. The molecule has 2 aliphatic carbocycles. The van der Waals surface area contributed by atoms with E-state index in [4.69, 9.17) is 0 Å². The minimum Gasteiger partial charge on any atom is -0.0987 e. The first-order valence-electron chi connectivity index (χ1n) is 8.58. The van der Waals surface area contributed by atoms with Gasteiger partial charge in [-0.1, -0.05) is 73.3 Å². The standard InChI is InChI=1S/C24H22/c1-5-17-16(4)20(6-2)24(21(17)7-3)22-14-10-8-12-18(22)19-13-9-11-15-23(19)24/h5-15H,2H2,1,3-4H3/b17-5-,21-7+. The quantitative estimate of drug-likeness (QED) is 0.574. The van der Waals surface area contributed by atoms with Gasteiger partial charge in [0.25, 0.3) is 0 Å². The van der Waals surface area contributed by atoms with E-state index in [0.29, 0.717) is 0 Å². The van der Waals surface area contributed by atoms with Crippen LogP contribution in [-0.4, -0.2) is 0 Å². The van der Waals surface area contributed by atoms with Crippen LogP contribution in [0.2, 0.25) is 0 Å². The van der Waals surface area contributed by atoms with Gasteiger partial charge in [-0.15, -0.1) is 0 Å². The predicted octanol–water partition coefficient (Wildman–Crippen LogP) is 6.36. The zero-order valence-corrected chi connectivity index (χ0v) is 14.6. The lowest BCUT2D eigenvalue weighted by Gasteiger charge is -2.32. The molecule has 0 aliphatic heterocycles. The van der Waals surface area contributed by atoms with Crippen molar-refractivity contribution in [3.8, 4) is 11.1 Å². The van der Waals surface area contributed by atoms with Gasteiger partial charge in [0, 0.05) is 0 Å². The third-order valence-corrected chi connectivity index (χ3v) is 5.64. The Hall–Kier alpha value is -2.60. The molecule has 1 spiro atoms. The average molecular weight is 310 g/mol. The summed E-state index contributed by atoms with van der Waals surface area (Å²) in [5, 5.41) is 0. The molecule has 2 aromatic rings. The third kappa shape index (κ3) is 1.54. The van der Waals surface area contributed by atoms with Crippen molar-refractivity contribution in [1.29, 1.82) is 0 Å². The van der Waals surface area contributed by atoms with Crippen LogP contribution in [0.1, 0.15) is 31.9 Å². The summed E-state index contributed by atoms with van der Waals surface area (Å²) in [7, 11) is 0. The molecule has 0 heterocycles. The van der Waals surface area contributed by atoms with Gasteiger partial charge in [0.1, 0.15) is 0 Å². The van der Waals surface area contributed by atoms with E-state index in [2.05, 4.69) is 94.1 Å². The Balaban J connectivity index is 2.24. The molecule has 0 N–H and O–H groups in total. The van der Waals surface area contributed by atoms with Crippen molar-refractivity contribution in [3.63, 3.8) is 0 Å². The van der Waals surface area contributed by atoms with E-state index in [9.17, 15) is 0 Å². The Morgan fingerprint density at radius 3 is 1.83 bits per heavy atom. The summed E-state index contributed by atoms with van der Waals surface area (Å²) < 4.78 is 0. The normalized spacial score (nSPS) is 20.8. The van der Waals surface area contributed by atoms with Crippen molar-refractivity contribution in [3.05, 3.63) is 107 Å². The largest absolute Gasteiger partial charge is 0.0987 e. The molecule has 0 heteroatoms. The predicted molar refractivity (Wildman–Crippen MR) is 103 cm³/mol. The molecular weight excluding hydrogens is 288 g/mol. The van der Waals surface area contributed by atoms with Crippen molar-refractivity contribution in [2.24, 2.45) is 0 Å². The zero-order chi connectivity index (χ0) is 16.9. The van der Waals surface area contributed by atoms with Crippen molar-refractivity contribution in [1.82, 2.24) is 0 Å². The van der Waals surface area contributed by atoms with E-state index in [1.165, 1.54) is 44.5 Å². The molecule has 2 aliphatic rings. The van der Waals surface area contributed by atoms with Crippen molar-refractivity contribution < 1.29 is 0 Å². The fraction of sp³-hybridized carbons (Fsp3) is 0.167. The summed E-state index contributed by atoms with van der Waals surface area (Å²) in [6, 6.07) is 17.7. The lowest BCUT2D eigenvalue weighted by molar-refractivity contribution is 0.780. The minimum absolute atomic E-state index is 0.213. The van der Waals surface area contributed by atoms with Gasteiger partial charge in [-0.3, -0.25) is 0 Å². The van der Waals surface area contributed by atoms with E-state index in [1.807, 2.05) is 0 Å². The zero-order valence-electron chi connectivity index (χ0n) is 14.6. The molecule has 118 valence electrons. The number of allylic oxidation sites excluding steroid dienone is 7. The SMILES string of the molecule is C=CC1=C(C)C(=C/C)/C(=C\C)C12c1ccccc1-c1ccccc12. The second-order valence-electron chi connectivity index (χ2n) is 6.49. The molecule has 24 heavy (non-hydrogen) atoms. The number of hydrogen-bond acceptors (Lipinski definition) is 0. The van der Waals surface area contributed by atoms with Gasteiger partial charge in [-0.25, -0.2) is 0 Å². The summed E-state index contributed by atoms with van der Waals surface area (Å²) in [6.45, 7) is 10.7. The Labute approximate surface area is 144 Å². The molecule has 0 unspecified atom stereocenters. The van der Waals surface area contributed by atoms with Gasteiger partial charge in [0.2, 0.25) is 0 Å². The lowest BCUT2D eigenvalue weighted by atomic mass is 9.69. The maximum Gasteiger partial charge on any atom is 0.0718 e. The summed E-state index contributed by atoms with van der Waals surface area (Å²) in [6.07, 6.45) is 6.59. The summed E-state index contributed by atoms with van der Waals surface area (Å²) in [5.74, 6) is 0. The molecule has 0 saturated carbocycles. The van der Waals surface area contributed by atoms with E-state index >= 15 is 0 Å². The van der Waals surface area contributed by atoms with Gasteiger partial charge < -0.3 is 0 Å². The molecule has 0 amide bonds. The van der Waals surface area contributed by atoms with Crippen LogP contribution in [0.25, 0.3) is 11.1 Å². The topological polar surface area (TPSA) is 0 Å². The number of rotatable bonds is 1. The van der Waals surface area contributed by atoms with Gasteiger partial charge in [-0.05, 0) is 65.3 Å². The van der Waals surface area contributed by atoms with E-state index in [0.717, 1.165) is 0 Å². The molecule has 0 atom stereocenters. The van der Waals surface area contributed by atoms with Crippen LogP contribution >= 0.6 is 0 Å². The lowest BCUT2D eigenvalue weighted by Crippen LogP contribution is -2.26. The Morgan fingerprint density at radius 1 is 0.833 bits per heavy atom. The highest BCUT2D eigenvalue weighted by Crippen LogP contribution is 2.62. The minimum atomic E-state index is -0.213. The molecular formula is C24H22. The van der Waals surface area contributed by atoms with Gasteiger partial charge in [0.05, 0.1) is 5.41 Å². The van der Waals surface area contributed by atoms with Crippen LogP contribution in [0, 0.1) is 0 Å². The summed E-state index contributed by atoms with van der Waals surface area (Å²) in [4.78, 5) is 0. The highest BCUT2D eigenvalue weighted by Gasteiger charge is 2.52. The van der Waals surface area contributed by atoms with E-state index in [1.54, 1.807) is 0 Å². The van der Waals surface area contributed by atoms with Crippen molar-refractivity contribution in [2.45, 2.75) is 26.2 Å². The maximum absolute atomic E-state index is 4.18. The van der Waals surface area contributed by atoms with Crippen LogP contribution in [0.4, 0.5) is 0 Å². The van der Waals surface area contributed by atoms with Crippen LogP contribution in [0.5, 0.6) is 0 Å². The third-order valence-electron chi connectivity index (χ3n) is 5.64. The Kier molecular flexibility index (Phi) is 3.25. The smallest absolute Gasteiger partial charge is 0.0718 e. The van der Waals surface area contributed by atoms with E-state index < -0.39 is 0 Å². The average Bonchev–Trinajstić information content (AvgIpc) is 3.06. The maximum atomic E-state index is 4.18.